The maximum absolute atomic E-state index is 12.4. The predicted molar refractivity (Wildman–Crippen MR) is 106 cm³/mol. The van der Waals surface area contributed by atoms with E-state index < -0.39 is 0 Å². The Morgan fingerprint density at radius 2 is 1.76 bits per heavy atom. The van der Waals surface area contributed by atoms with Crippen LogP contribution in [0.5, 0.6) is 0 Å². The minimum atomic E-state index is -0.205. The number of hydrogen-bond acceptors (Lipinski definition) is 4. The van der Waals surface area contributed by atoms with Gasteiger partial charge in [0.15, 0.2) is 0 Å². The summed E-state index contributed by atoms with van der Waals surface area (Å²) in [4.78, 5) is 18.9. The monoisotopic (exact) mass is 340 g/mol. The second-order valence-electron chi connectivity index (χ2n) is 6.38. The molecule has 1 amide bonds. The van der Waals surface area contributed by atoms with Gasteiger partial charge in [-0.15, -0.1) is 0 Å². The molecule has 1 heterocycles. The van der Waals surface area contributed by atoms with Crippen LogP contribution in [0.25, 0.3) is 0 Å². The van der Waals surface area contributed by atoms with Crippen LogP contribution in [0.3, 0.4) is 0 Å². The number of amides is 1. The van der Waals surface area contributed by atoms with Crippen LogP contribution in [-0.4, -0.2) is 30.5 Å². The zero-order valence-corrected chi connectivity index (χ0v) is 15.5. The Morgan fingerprint density at radius 3 is 2.36 bits per heavy atom. The van der Waals surface area contributed by atoms with E-state index >= 15 is 0 Å². The first kappa shape index (κ1) is 18.8. The van der Waals surface area contributed by atoms with E-state index in [1.54, 1.807) is 12.3 Å². The predicted octanol–water partition coefficient (Wildman–Crippen LogP) is 4.25. The van der Waals surface area contributed by atoms with E-state index in [0.29, 0.717) is 11.6 Å². The molecule has 2 N–H and O–H groups in total. The van der Waals surface area contributed by atoms with Gasteiger partial charge in [0.2, 0.25) is 0 Å². The van der Waals surface area contributed by atoms with Gasteiger partial charge in [0.1, 0.15) is 5.69 Å². The summed E-state index contributed by atoms with van der Waals surface area (Å²) in [6.07, 6.45) is 1.65. The molecule has 2 rings (SSSR count). The minimum absolute atomic E-state index is 0.205. The second kappa shape index (κ2) is 9.06. The van der Waals surface area contributed by atoms with Gasteiger partial charge in [-0.05, 0) is 56.2 Å². The first-order chi connectivity index (χ1) is 12.0. The molecule has 0 atom stereocenters. The number of benzene rings is 1. The van der Waals surface area contributed by atoms with Crippen molar-refractivity contribution in [3.05, 3.63) is 48.3 Å². The SMILES string of the molecule is CCN(CC)c1ccc(NC(=O)c2cc(NCC(C)C)ccn2)cc1. The number of nitrogens with one attached hydrogen (secondary N) is 2. The summed E-state index contributed by atoms with van der Waals surface area (Å²) in [5.41, 5.74) is 3.23. The maximum atomic E-state index is 12.4. The lowest BCUT2D eigenvalue weighted by atomic mass is 10.2. The van der Waals surface area contributed by atoms with Gasteiger partial charge in [-0.3, -0.25) is 9.78 Å². The number of carbonyl (C=O) groups is 1. The third-order valence-electron chi connectivity index (χ3n) is 3.96. The zero-order valence-electron chi connectivity index (χ0n) is 15.5. The fourth-order valence-corrected chi connectivity index (χ4v) is 2.53. The van der Waals surface area contributed by atoms with E-state index in [9.17, 15) is 4.79 Å². The lowest BCUT2D eigenvalue weighted by Gasteiger charge is -2.21. The molecule has 0 fully saturated rings. The Hall–Kier alpha value is -2.56. The molecule has 0 spiro atoms. The van der Waals surface area contributed by atoms with Crippen LogP contribution in [0.2, 0.25) is 0 Å². The van der Waals surface area contributed by atoms with Crippen molar-refractivity contribution in [1.29, 1.82) is 0 Å². The molecule has 2 aromatic rings. The van der Waals surface area contributed by atoms with Gasteiger partial charge in [0.25, 0.3) is 5.91 Å². The Morgan fingerprint density at radius 1 is 1.08 bits per heavy atom. The number of carbonyl (C=O) groups excluding carboxylic acids is 1. The molecule has 0 radical (unpaired) electrons. The molecule has 25 heavy (non-hydrogen) atoms. The molecule has 1 aromatic carbocycles. The molecule has 0 bridgehead atoms. The molecule has 0 unspecified atom stereocenters. The molecular weight excluding hydrogens is 312 g/mol. The van der Waals surface area contributed by atoms with Gasteiger partial charge in [0.05, 0.1) is 0 Å². The van der Waals surface area contributed by atoms with Gasteiger partial charge in [-0.2, -0.15) is 0 Å². The van der Waals surface area contributed by atoms with Crippen LogP contribution in [0, 0.1) is 5.92 Å². The Kier molecular flexibility index (Phi) is 6.81. The number of rotatable bonds is 8. The summed E-state index contributed by atoms with van der Waals surface area (Å²) in [7, 11) is 0. The van der Waals surface area contributed by atoms with Crippen LogP contribution in [-0.2, 0) is 0 Å². The summed E-state index contributed by atoms with van der Waals surface area (Å²) >= 11 is 0. The van der Waals surface area contributed by atoms with Gasteiger partial charge in [0, 0.05) is 42.9 Å². The molecule has 5 heteroatoms. The summed E-state index contributed by atoms with van der Waals surface area (Å²) in [6, 6.07) is 11.5. The van der Waals surface area contributed by atoms with Gasteiger partial charge in [-0.1, -0.05) is 13.8 Å². The molecule has 134 valence electrons. The molecule has 0 saturated carbocycles. The van der Waals surface area contributed by atoms with Crippen molar-refractivity contribution in [2.24, 2.45) is 5.92 Å². The first-order valence-corrected chi connectivity index (χ1v) is 8.89. The average Bonchev–Trinajstić information content (AvgIpc) is 2.62. The van der Waals surface area contributed by atoms with Crippen molar-refractivity contribution in [3.63, 3.8) is 0 Å². The topological polar surface area (TPSA) is 57.3 Å². The van der Waals surface area contributed by atoms with Gasteiger partial charge in [-0.25, -0.2) is 0 Å². The van der Waals surface area contributed by atoms with E-state index in [2.05, 4.69) is 48.2 Å². The van der Waals surface area contributed by atoms with Crippen LogP contribution in [0.4, 0.5) is 17.1 Å². The van der Waals surface area contributed by atoms with E-state index in [1.165, 1.54) is 0 Å². The van der Waals surface area contributed by atoms with E-state index in [0.717, 1.165) is 36.7 Å². The number of pyridine rings is 1. The average molecular weight is 340 g/mol. The molecule has 1 aromatic heterocycles. The lowest BCUT2D eigenvalue weighted by molar-refractivity contribution is 0.102. The minimum Gasteiger partial charge on any atom is -0.385 e. The third-order valence-corrected chi connectivity index (χ3v) is 3.96. The summed E-state index contributed by atoms with van der Waals surface area (Å²) in [6.45, 7) is 11.3. The van der Waals surface area contributed by atoms with Gasteiger partial charge < -0.3 is 15.5 Å². The molecule has 0 aliphatic carbocycles. The smallest absolute Gasteiger partial charge is 0.274 e. The van der Waals surface area contributed by atoms with Crippen molar-refractivity contribution in [3.8, 4) is 0 Å². The first-order valence-electron chi connectivity index (χ1n) is 8.89. The van der Waals surface area contributed by atoms with Crippen LogP contribution < -0.4 is 15.5 Å². The standard InChI is InChI=1S/C20H28N4O/c1-5-24(6-2)18-9-7-16(8-10-18)23-20(25)19-13-17(11-12-21-19)22-14-15(3)4/h7-13,15H,5-6,14H2,1-4H3,(H,21,22)(H,23,25). The Balaban J connectivity index is 2.03. The Labute approximate surface area is 150 Å². The summed E-state index contributed by atoms with van der Waals surface area (Å²) in [5.74, 6) is 0.332. The highest BCUT2D eigenvalue weighted by molar-refractivity contribution is 6.03. The third kappa shape index (κ3) is 5.48. The fourth-order valence-electron chi connectivity index (χ4n) is 2.53. The van der Waals surface area contributed by atoms with Crippen molar-refractivity contribution in [1.82, 2.24) is 4.98 Å². The van der Waals surface area contributed by atoms with Crippen molar-refractivity contribution in [2.45, 2.75) is 27.7 Å². The van der Waals surface area contributed by atoms with E-state index in [4.69, 9.17) is 0 Å². The summed E-state index contributed by atoms with van der Waals surface area (Å²) < 4.78 is 0. The van der Waals surface area contributed by atoms with Gasteiger partial charge >= 0.3 is 0 Å². The molecule has 5 nitrogen and oxygen atoms in total. The largest absolute Gasteiger partial charge is 0.385 e. The molecular formula is C20H28N4O. The zero-order chi connectivity index (χ0) is 18.2. The highest BCUT2D eigenvalue weighted by atomic mass is 16.1. The van der Waals surface area contributed by atoms with Crippen LogP contribution in [0.15, 0.2) is 42.6 Å². The number of nitrogens with zero attached hydrogens (tertiary/aromatic N) is 2. The van der Waals surface area contributed by atoms with Crippen molar-refractivity contribution < 1.29 is 4.79 Å². The molecule has 0 aliphatic rings. The van der Waals surface area contributed by atoms with Crippen LogP contribution >= 0.6 is 0 Å². The lowest BCUT2D eigenvalue weighted by Crippen LogP contribution is -2.21. The van der Waals surface area contributed by atoms with Crippen molar-refractivity contribution >= 4 is 23.0 Å². The summed E-state index contributed by atoms with van der Waals surface area (Å²) in [5, 5.41) is 6.22. The quantitative estimate of drug-likeness (QED) is 0.754. The van der Waals surface area contributed by atoms with Crippen LogP contribution in [0.1, 0.15) is 38.2 Å². The molecule has 0 aliphatic heterocycles. The highest BCUT2D eigenvalue weighted by Crippen LogP contribution is 2.18. The van der Waals surface area contributed by atoms with E-state index in [-0.39, 0.29) is 5.91 Å². The maximum Gasteiger partial charge on any atom is 0.274 e. The fraction of sp³-hybridized carbons (Fsp3) is 0.400. The highest BCUT2D eigenvalue weighted by Gasteiger charge is 2.09. The van der Waals surface area contributed by atoms with Crippen molar-refractivity contribution in [2.75, 3.05) is 35.2 Å². The Bertz CT molecular complexity index is 678. The van der Waals surface area contributed by atoms with E-state index in [1.807, 2.05) is 30.3 Å². The number of aromatic nitrogens is 1. The molecule has 0 saturated heterocycles. The number of hydrogen-bond donors (Lipinski definition) is 2. The number of anilines is 3. The second-order valence-corrected chi connectivity index (χ2v) is 6.38. The normalized spacial score (nSPS) is 10.6.